The number of benzene rings is 1. The third-order valence-electron chi connectivity index (χ3n) is 3.11. The van der Waals surface area contributed by atoms with E-state index in [9.17, 15) is 0 Å². The van der Waals surface area contributed by atoms with Crippen LogP contribution in [0.25, 0.3) is 0 Å². The lowest BCUT2D eigenvalue weighted by molar-refractivity contribution is 0.598. The fraction of sp³-hybridized carbons (Fsp3) is 0.333. The molecule has 0 amide bonds. The maximum atomic E-state index is 6.14. The molecule has 5 heteroatoms. The van der Waals surface area contributed by atoms with Crippen molar-refractivity contribution in [3.8, 4) is 0 Å². The first-order valence-corrected chi connectivity index (χ1v) is 9.25. The molecule has 2 aromatic rings. The summed E-state index contributed by atoms with van der Waals surface area (Å²) in [4.78, 5) is 0. The quantitative estimate of drug-likeness (QED) is 0.577. The van der Waals surface area contributed by atoms with E-state index in [0.29, 0.717) is 0 Å². The molecule has 0 spiro atoms. The van der Waals surface area contributed by atoms with E-state index in [-0.39, 0.29) is 6.04 Å². The van der Waals surface area contributed by atoms with Crippen molar-refractivity contribution in [1.82, 2.24) is 5.32 Å². The average molecular weight is 438 g/mol. The monoisotopic (exact) mass is 435 g/mol. The van der Waals surface area contributed by atoms with Gasteiger partial charge in [-0.25, -0.2) is 0 Å². The Bertz CT molecular complexity index is 598. The Kier molecular flexibility index (Phi) is 6.11. The minimum Gasteiger partial charge on any atom is -0.306 e. The summed E-state index contributed by atoms with van der Waals surface area (Å²) < 4.78 is 2.29. The molecular weight excluding hydrogens is 422 g/mol. The fourth-order valence-corrected chi connectivity index (χ4v) is 5.11. The van der Waals surface area contributed by atoms with Crippen molar-refractivity contribution in [3.63, 3.8) is 0 Å². The van der Waals surface area contributed by atoms with Crippen LogP contribution in [0.4, 0.5) is 0 Å². The highest BCUT2D eigenvalue weighted by Gasteiger charge is 2.19. The SMILES string of the molecule is CCCNC(c1ccc(Cl)c(C)c1)c1cc(Br)sc1Br. The van der Waals surface area contributed by atoms with E-state index in [1.54, 1.807) is 11.3 Å². The van der Waals surface area contributed by atoms with Crippen LogP contribution in [0, 0.1) is 6.92 Å². The van der Waals surface area contributed by atoms with Gasteiger partial charge in [-0.15, -0.1) is 11.3 Å². The van der Waals surface area contributed by atoms with E-state index in [0.717, 1.165) is 31.1 Å². The molecule has 1 heterocycles. The van der Waals surface area contributed by atoms with Crippen LogP contribution in [0.2, 0.25) is 5.02 Å². The molecule has 0 aliphatic carbocycles. The maximum Gasteiger partial charge on any atom is 0.0761 e. The van der Waals surface area contributed by atoms with Crippen LogP contribution in [-0.4, -0.2) is 6.54 Å². The molecule has 1 unspecified atom stereocenters. The number of rotatable bonds is 5. The molecule has 0 radical (unpaired) electrons. The Balaban J connectivity index is 2.41. The van der Waals surface area contributed by atoms with Crippen LogP contribution in [-0.2, 0) is 0 Å². The topological polar surface area (TPSA) is 12.0 Å². The lowest BCUT2D eigenvalue weighted by Crippen LogP contribution is -2.23. The Morgan fingerprint density at radius 2 is 2.05 bits per heavy atom. The maximum absolute atomic E-state index is 6.14. The second-order valence-electron chi connectivity index (χ2n) is 4.68. The van der Waals surface area contributed by atoms with Crippen LogP contribution in [0.15, 0.2) is 31.8 Å². The second kappa shape index (κ2) is 7.41. The summed E-state index contributed by atoms with van der Waals surface area (Å²) in [6.07, 6.45) is 1.10. The predicted molar refractivity (Wildman–Crippen MR) is 96.0 cm³/mol. The summed E-state index contributed by atoms with van der Waals surface area (Å²) >= 11 is 15.1. The second-order valence-corrected chi connectivity index (χ2v) is 8.83. The van der Waals surface area contributed by atoms with Crippen LogP contribution in [0.3, 0.4) is 0 Å². The van der Waals surface area contributed by atoms with Gasteiger partial charge in [0.2, 0.25) is 0 Å². The molecule has 0 saturated heterocycles. The van der Waals surface area contributed by atoms with Crippen LogP contribution >= 0.6 is 54.8 Å². The third kappa shape index (κ3) is 3.86. The summed E-state index contributed by atoms with van der Waals surface area (Å²) in [5, 5.41) is 4.43. The molecule has 2 rings (SSSR count). The summed E-state index contributed by atoms with van der Waals surface area (Å²) in [5.74, 6) is 0. The molecule has 0 aliphatic rings. The van der Waals surface area contributed by atoms with Crippen molar-refractivity contribution < 1.29 is 0 Å². The number of nitrogens with one attached hydrogen (secondary N) is 1. The highest BCUT2D eigenvalue weighted by atomic mass is 79.9. The van der Waals surface area contributed by atoms with Gasteiger partial charge in [0.25, 0.3) is 0 Å². The van der Waals surface area contributed by atoms with E-state index in [2.05, 4.69) is 62.3 Å². The van der Waals surface area contributed by atoms with Gasteiger partial charge in [-0.3, -0.25) is 0 Å². The third-order valence-corrected chi connectivity index (χ3v) is 5.92. The van der Waals surface area contributed by atoms with Crippen LogP contribution in [0.1, 0.15) is 36.1 Å². The first-order valence-electron chi connectivity index (χ1n) is 6.47. The van der Waals surface area contributed by atoms with Gasteiger partial charge in [0.1, 0.15) is 0 Å². The molecule has 0 saturated carbocycles. The predicted octanol–water partition coefficient (Wildman–Crippen LogP) is 6.32. The number of thiophene rings is 1. The fourth-order valence-electron chi connectivity index (χ4n) is 2.09. The molecule has 0 fully saturated rings. The molecule has 108 valence electrons. The number of halogens is 3. The molecule has 1 aromatic carbocycles. The van der Waals surface area contributed by atoms with Gasteiger partial charge in [-0.2, -0.15) is 0 Å². The van der Waals surface area contributed by atoms with Gasteiger partial charge in [0.15, 0.2) is 0 Å². The minimum atomic E-state index is 0.183. The zero-order chi connectivity index (χ0) is 14.7. The van der Waals surface area contributed by atoms with E-state index < -0.39 is 0 Å². The Hall–Kier alpha value is 0.130. The zero-order valence-corrected chi connectivity index (χ0v) is 16.1. The first-order chi connectivity index (χ1) is 9.52. The summed E-state index contributed by atoms with van der Waals surface area (Å²) in [6, 6.07) is 8.59. The van der Waals surface area contributed by atoms with Crippen molar-refractivity contribution in [2.45, 2.75) is 26.3 Å². The average Bonchev–Trinajstić information content (AvgIpc) is 2.73. The summed E-state index contributed by atoms with van der Waals surface area (Å²) in [5.41, 5.74) is 3.61. The minimum absolute atomic E-state index is 0.183. The molecule has 20 heavy (non-hydrogen) atoms. The molecule has 1 N–H and O–H groups in total. The normalized spacial score (nSPS) is 12.7. The van der Waals surface area contributed by atoms with Gasteiger partial charge in [0.05, 0.1) is 13.6 Å². The van der Waals surface area contributed by atoms with Crippen molar-refractivity contribution in [2.75, 3.05) is 6.54 Å². The van der Waals surface area contributed by atoms with Gasteiger partial charge < -0.3 is 5.32 Å². The highest BCUT2D eigenvalue weighted by Crippen LogP contribution is 2.38. The Morgan fingerprint density at radius 1 is 1.30 bits per heavy atom. The molecule has 1 nitrogen and oxygen atoms in total. The Labute approximate surface area is 146 Å². The smallest absolute Gasteiger partial charge is 0.0761 e. The van der Waals surface area contributed by atoms with Crippen molar-refractivity contribution >= 4 is 54.8 Å². The number of aryl methyl sites for hydroxylation is 1. The lowest BCUT2D eigenvalue weighted by atomic mass is 9.99. The molecule has 1 aromatic heterocycles. The molecule has 0 aliphatic heterocycles. The van der Waals surface area contributed by atoms with Crippen molar-refractivity contribution in [2.24, 2.45) is 0 Å². The number of hydrogen-bond acceptors (Lipinski definition) is 2. The molecule has 0 bridgehead atoms. The Morgan fingerprint density at radius 3 is 2.60 bits per heavy atom. The number of hydrogen-bond donors (Lipinski definition) is 1. The van der Waals surface area contributed by atoms with Crippen LogP contribution < -0.4 is 5.32 Å². The zero-order valence-electron chi connectivity index (χ0n) is 11.3. The van der Waals surface area contributed by atoms with Crippen molar-refractivity contribution in [3.05, 3.63) is 53.6 Å². The molecule has 1 atom stereocenters. The summed E-state index contributed by atoms with van der Waals surface area (Å²) in [6.45, 7) is 5.20. The lowest BCUT2D eigenvalue weighted by Gasteiger charge is -2.19. The van der Waals surface area contributed by atoms with Crippen LogP contribution in [0.5, 0.6) is 0 Å². The van der Waals surface area contributed by atoms with Gasteiger partial charge in [-0.05, 0) is 80.6 Å². The highest BCUT2D eigenvalue weighted by molar-refractivity contribution is 9.12. The standard InChI is InChI=1S/C15H16Br2ClNS/c1-3-6-19-14(11-8-13(16)20-15(11)17)10-4-5-12(18)9(2)7-10/h4-5,7-8,14,19H,3,6H2,1-2H3. The van der Waals surface area contributed by atoms with E-state index in [1.807, 2.05) is 13.0 Å². The van der Waals surface area contributed by atoms with Gasteiger partial charge >= 0.3 is 0 Å². The van der Waals surface area contributed by atoms with E-state index >= 15 is 0 Å². The van der Waals surface area contributed by atoms with Gasteiger partial charge in [0, 0.05) is 5.02 Å². The van der Waals surface area contributed by atoms with Crippen molar-refractivity contribution in [1.29, 1.82) is 0 Å². The van der Waals surface area contributed by atoms with E-state index in [1.165, 1.54) is 11.1 Å². The summed E-state index contributed by atoms with van der Waals surface area (Å²) in [7, 11) is 0. The largest absolute Gasteiger partial charge is 0.306 e. The van der Waals surface area contributed by atoms with Gasteiger partial charge in [-0.1, -0.05) is 30.7 Å². The molecular formula is C15H16Br2ClNS. The first kappa shape index (κ1) is 16.5. The van der Waals surface area contributed by atoms with E-state index in [4.69, 9.17) is 11.6 Å².